The molecule has 0 bridgehead atoms. The molecule has 7 nitrogen and oxygen atoms in total. The molecule has 32 heavy (non-hydrogen) atoms. The molecular weight excluding hydrogens is 406 g/mol. The number of anilines is 1. The lowest BCUT2D eigenvalue weighted by atomic mass is 9.78. The molecule has 7 heteroatoms. The van der Waals surface area contributed by atoms with Crippen LogP contribution in [0.3, 0.4) is 0 Å². The lowest BCUT2D eigenvalue weighted by Crippen LogP contribution is -2.45. The molecule has 1 aromatic heterocycles. The molecule has 3 aromatic rings. The highest BCUT2D eigenvalue weighted by Gasteiger charge is 2.41. The van der Waals surface area contributed by atoms with Crippen molar-refractivity contribution in [3.63, 3.8) is 0 Å². The standard InChI is InChI=1S/C25H31N3O4/c1-27-15-19(18-9-5-6-10-20(18)27)25(11-7-8-12-25)16-28(24(26)29)23-21(31-3)13-17(30-2)14-22(23)32-4/h5-6,9-10,13-15H,7-8,11-12,16H2,1-4H3,(H2,26,29). The number of nitrogens with two attached hydrogens (primary N) is 1. The maximum absolute atomic E-state index is 12.8. The van der Waals surface area contributed by atoms with E-state index in [0.29, 0.717) is 29.5 Å². The second-order valence-electron chi connectivity index (χ2n) is 8.46. The number of rotatable bonds is 7. The van der Waals surface area contributed by atoms with Gasteiger partial charge in [0.05, 0.1) is 21.3 Å². The Balaban J connectivity index is 1.86. The highest BCUT2D eigenvalue weighted by Crippen LogP contribution is 2.48. The van der Waals surface area contributed by atoms with E-state index in [4.69, 9.17) is 19.9 Å². The summed E-state index contributed by atoms with van der Waals surface area (Å²) in [6.45, 7) is 0.440. The molecule has 0 saturated heterocycles. The third kappa shape index (κ3) is 3.61. The summed E-state index contributed by atoms with van der Waals surface area (Å²) >= 11 is 0. The molecule has 1 aliphatic rings. The molecule has 0 spiro atoms. The van der Waals surface area contributed by atoms with Crippen molar-refractivity contribution >= 4 is 22.6 Å². The molecule has 170 valence electrons. The van der Waals surface area contributed by atoms with E-state index in [9.17, 15) is 4.79 Å². The SMILES string of the molecule is COc1cc(OC)c(N(CC2(c3cn(C)c4ccccc34)CCCC2)C(N)=O)c(OC)c1. The molecule has 1 fully saturated rings. The molecule has 4 rings (SSSR count). The summed E-state index contributed by atoms with van der Waals surface area (Å²) in [5, 5.41) is 1.22. The number of urea groups is 1. The Morgan fingerprint density at radius 1 is 1.06 bits per heavy atom. The molecule has 1 aliphatic carbocycles. The summed E-state index contributed by atoms with van der Waals surface area (Å²) in [4.78, 5) is 14.4. The average molecular weight is 438 g/mol. The number of hydrogen-bond donors (Lipinski definition) is 1. The predicted molar refractivity (Wildman–Crippen MR) is 126 cm³/mol. The number of amides is 2. The van der Waals surface area contributed by atoms with Crippen LogP contribution in [0.1, 0.15) is 31.2 Å². The van der Waals surface area contributed by atoms with Gasteiger partial charge in [-0.1, -0.05) is 31.0 Å². The number of primary amides is 1. The van der Waals surface area contributed by atoms with Gasteiger partial charge < -0.3 is 24.5 Å². The highest BCUT2D eigenvalue weighted by molar-refractivity contribution is 5.95. The van der Waals surface area contributed by atoms with Gasteiger partial charge in [-0.2, -0.15) is 0 Å². The third-order valence-electron chi connectivity index (χ3n) is 6.71. The minimum absolute atomic E-state index is 0.216. The van der Waals surface area contributed by atoms with Crippen LogP contribution in [0.15, 0.2) is 42.6 Å². The van der Waals surface area contributed by atoms with Crippen LogP contribution in [-0.4, -0.2) is 38.5 Å². The van der Waals surface area contributed by atoms with Gasteiger partial charge in [-0.15, -0.1) is 0 Å². The second kappa shape index (κ2) is 8.65. The van der Waals surface area contributed by atoms with Crippen molar-refractivity contribution in [3.8, 4) is 17.2 Å². The van der Waals surface area contributed by atoms with Crippen molar-refractivity contribution < 1.29 is 19.0 Å². The van der Waals surface area contributed by atoms with Crippen molar-refractivity contribution in [3.05, 3.63) is 48.2 Å². The van der Waals surface area contributed by atoms with Crippen molar-refractivity contribution in [2.24, 2.45) is 12.8 Å². The summed E-state index contributed by atoms with van der Waals surface area (Å²) in [6.07, 6.45) is 6.37. The molecular formula is C25H31N3O4. The second-order valence-corrected chi connectivity index (χ2v) is 8.46. The fraction of sp³-hybridized carbons (Fsp3) is 0.400. The smallest absolute Gasteiger partial charge is 0.319 e. The Labute approximate surface area is 188 Å². The number of nitrogens with zero attached hydrogens (tertiary/aromatic N) is 2. The molecule has 0 atom stereocenters. The number of fused-ring (bicyclic) bond motifs is 1. The summed E-state index contributed by atoms with van der Waals surface area (Å²) in [5.41, 5.74) is 8.70. The van der Waals surface area contributed by atoms with Crippen LogP contribution in [-0.2, 0) is 12.5 Å². The Hall–Kier alpha value is -3.35. The summed E-state index contributed by atoms with van der Waals surface area (Å²) in [5.74, 6) is 1.54. The first kappa shape index (κ1) is 21.9. The van der Waals surface area contributed by atoms with E-state index in [-0.39, 0.29) is 5.41 Å². The van der Waals surface area contributed by atoms with Crippen LogP contribution < -0.4 is 24.8 Å². The van der Waals surface area contributed by atoms with E-state index >= 15 is 0 Å². The number of benzene rings is 2. The highest BCUT2D eigenvalue weighted by atomic mass is 16.5. The number of methoxy groups -OCH3 is 3. The van der Waals surface area contributed by atoms with Crippen molar-refractivity contribution in [1.29, 1.82) is 0 Å². The first-order valence-corrected chi connectivity index (χ1v) is 10.9. The number of aromatic nitrogens is 1. The monoisotopic (exact) mass is 437 g/mol. The molecule has 2 aromatic carbocycles. The van der Waals surface area contributed by atoms with Gasteiger partial charge >= 0.3 is 6.03 Å². The van der Waals surface area contributed by atoms with E-state index in [1.807, 2.05) is 0 Å². The van der Waals surface area contributed by atoms with Crippen molar-refractivity contribution in [2.75, 3.05) is 32.8 Å². The number of hydrogen-bond acceptors (Lipinski definition) is 4. The molecule has 1 heterocycles. The van der Waals surface area contributed by atoms with Crippen LogP contribution in [0.2, 0.25) is 0 Å². The van der Waals surface area contributed by atoms with Gasteiger partial charge in [0.1, 0.15) is 22.9 Å². The maximum Gasteiger partial charge on any atom is 0.319 e. The normalized spacial score (nSPS) is 15.0. The number of ether oxygens (including phenoxy) is 3. The molecule has 0 aliphatic heterocycles. The quantitative estimate of drug-likeness (QED) is 0.586. The molecule has 2 amide bonds. The minimum Gasteiger partial charge on any atom is -0.496 e. The Bertz CT molecular complexity index is 1110. The van der Waals surface area contributed by atoms with E-state index < -0.39 is 6.03 Å². The Kier molecular flexibility index (Phi) is 5.91. The Morgan fingerprint density at radius 3 is 2.25 bits per heavy atom. The van der Waals surface area contributed by atoms with Gasteiger partial charge in [0.25, 0.3) is 0 Å². The van der Waals surface area contributed by atoms with Gasteiger partial charge in [-0.05, 0) is 24.5 Å². The van der Waals surface area contributed by atoms with Gasteiger partial charge in [0, 0.05) is 48.2 Å². The van der Waals surface area contributed by atoms with Gasteiger partial charge in [0.15, 0.2) is 0 Å². The number of aryl methyl sites for hydroxylation is 1. The van der Waals surface area contributed by atoms with Crippen LogP contribution in [0.4, 0.5) is 10.5 Å². The van der Waals surface area contributed by atoms with E-state index in [1.165, 1.54) is 16.5 Å². The van der Waals surface area contributed by atoms with E-state index in [1.54, 1.807) is 38.4 Å². The van der Waals surface area contributed by atoms with Crippen LogP contribution in [0, 0.1) is 0 Å². The van der Waals surface area contributed by atoms with E-state index in [2.05, 4.69) is 42.1 Å². The zero-order valence-corrected chi connectivity index (χ0v) is 19.2. The van der Waals surface area contributed by atoms with Gasteiger partial charge in [-0.3, -0.25) is 4.90 Å². The molecule has 1 saturated carbocycles. The first-order valence-electron chi connectivity index (χ1n) is 10.9. The Morgan fingerprint density at radius 2 is 1.69 bits per heavy atom. The maximum atomic E-state index is 12.8. The van der Waals surface area contributed by atoms with Crippen LogP contribution >= 0.6 is 0 Å². The fourth-order valence-electron chi connectivity index (χ4n) is 5.15. The fourth-order valence-corrected chi connectivity index (χ4v) is 5.15. The molecule has 0 unspecified atom stereocenters. The number of carbonyl (C=O) groups excluding carboxylic acids is 1. The van der Waals surface area contributed by atoms with Crippen molar-refractivity contribution in [2.45, 2.75) is 31.1 Å². The first-order chi connectivity index (χ1) is 15.4. The van der Waals surface area contributed by atoms with Crippen LogP contribution in [0.5, 0.6) is 17.2 Å². The minimum atomic E-state index is -0.543. The third-order valence-corrected chi connectivity index (χ3v) is 6.71. The summed E-state index contributed by atoms with van der Waals surface area (Å²) < 4.78 is 18.8. The zero-order valence-electron chi connectivity index (χ0n) is 19.2. The summed E-state index contributed by atoms with van der Waals surface area (Å²) in [7, 11) is 6.77. The topological polar surface area (TPSA) is 79.0 Å². The van der Waals surface area contributed by atoms with Gasteiger partial charge in [0.2, 0.25) is 0 Å². The zero-order chi connectivity index (χ0) is 22.9. The van der Waals surface area contributed by atoms with Crippen LogP contribution in [0.25, 0.3) is 10.9 Å². The molecule has 2 N–H and O–H groups in total. The lowest BCUT2D eigenvalue weighted by Gasteiger charge is -2.36. The predicted octanol–water partition coefficient (Wildman–Crippen LogP) is 4.60. The summed E-state index contributed by atoms with van der Waals surface area (Å²) in [6, 6.07) is 11.3. The number of para-hydroxylation sites is 1. The van der Waals surface area contributed by atoms with Gasteiger partial charge in [-0.25, -0.2) is 4.79 Å². The molecule has 0 radical (unpaired) electrons. The number of carbonyl (C=O) groups is 1. The van der Waals surface area contributed by atoms with Crippen molar-refractivity contribution in [1.82, 2.24) is 4.57 Å². The lowest BCUT2D eigenvalue weighted by molar-refractivity contribution is 0.251. The largest absolute Gasteiger partial charge is 0.496 e. The van der Waals surface area contributed by atoms with E-state index in [0.717, 1.165) is 25.7 Å². The average Bonchev–Trinajstić information content (AvgIpc) is 3.42.